The van der Waals surface area contributed by atoms with Gasteiger partial charge in [0.2, 0.25) is 0 Å². The third-order valence-electron chi connectivity index (χ3n) is 6.92. The van der Waals surface area contributed by atoms with Crippen molar-refractivity contribution in [2.75, 3.05) is 6.61 Å². The Balaban J connectivity index is 1.54. The van der Waals surface area contributed by atoms with E-state index in [1.54, 1.807) is 13.8 Å². The summed E-state index contributed by atoms with van der Waals surface area (Å²) in [7, 11) is 0. The van der Waals surface area contributed by atoms with Crippen molar-refractivity contribution in [1.82, 2.24) is 0 Å². The highest BCUT2D eigenvalue weighted by Gasteiger charge is 2.58. The Morgan fingerprint density at radius 3 is 1.92 bits per heavy atom. The van der Waals surface area contributed by atoms with Gasteiger partial charge in [0.25, 0.3) is 0 Å². The first-order valence-electron chi connectivity index (χ1n) is 12.9. The van der Waals surface area contributed by atoms with Gasteiger partial charge in [0, 0.05) is 11.8 Å². The molecule has 0 bridgehead atoms. The van der Waals surface area contributed by atoms with Gasteiger partial charge >= 0.3 is 5.97 Å². The van der Waals surface area contributed by atoms with Crippen LogP contribution in [0.1, 0.15) is 37.5 Å². The average Bonchev–Trinajstić information content (AvgIpc) is 3.41. The molecule has 9 nitrogen and oxygen atoms in total. The number of azide groups is 1. The molecule has 2 fully saturated rings. The fourth-order valence-electron chi connectivity index (χ4n) is 5.38. The van der Waals surface area contributed by atoms with E-state index in [0.717, 1.165) is 16.7 Å². The van der Waals surface area contributed by atoms with Crippen LogP contribution in [0.2, 0.25) is 0 Å². The quantitative estimate of drug-likeness (QED) is 0.119. The number of nitrogens with zero attached hydrogens (tertiary/aromatic N) is 3. The van der Waals surface area contributed by atoms with Crippen molar-refractivity contribution in [3.8, 4) is 0 Å². The van der Waals surface area contributed by atoms with Gasteiger partial charge in [0.05, 0.1) is 12.6 Å². The van der Waals surface area contributed by atoms with E-state index in [0.29, 0.717) is 0 Å². The highest BCUT2D eigenvalue weighted by molar-refractivity contribution is 5.66. The highest BCUT2D eigenvalue weighted by atomic mass is 16.8. The summed E-state index contributed by atoms with van der Waals surface area (Å²) in [4.78, 5) is 15.1. The van der Waals surface area contributed by atoms with Gasteiger partial charge in [-0.2, -0.15) is 0 Å². The molecule has 5 rings (SSSR count). The molecule has 2 aliphatic heterocycles. The zero-order valence-electron chi connectivity index (χ0n) is 22.0. The van der Waals surface area contributed by atoms with Crippen LogP contribution >= 0.6 is 0 Å². The van der Waals surface area contributed by atoms with Crippen molar-refractivity contribution in [1.29, 1.82) is 0 Å². The Morgan fingerprint density at radius 2 is 1.46 bits per heavy atom. The summed E-state index contributed by atoms with van der Waals surface area (Å²) in [6.45, 7) is 4.79. The average molecular weight is 530 g/mol. The molecule has 0 spiro atoms. The van der Waals surface area contributed by atoms with Gasteiger partial charge in [-0.15, -0.1) is 0 Å². The summed E-state index contributed by atoms with van der Waals surface area (Å²) >= 11 is 0. The molecule has 5 atom stereocenters. The Bertz CT molecular complexity index is 1220. The van der Waals surface area contributed by atoms with Gasteiger partial charge in [-0.1, -0.05) is 96.1 Å². The van der Waals surface area contributed by atoms with Gasteiger partial charge < -0.3 is 23.7 Å². The Labute approximate surface area is 227 Å². The van der Waals surface area contributed by atoms with Crippen molar-refractivity contribution in [3.05, 3.63) is 118 Å². The van der Waals surface area contributed by atoms with E-state index in [2.05, 4.69) is 10.0 Å². The molecule has 0 saturated carbocycles. The predicted molar refractivity (Wildman–Crippen MR) is 142 cm³/mol. The first-order chi connectivity index (χ1) is 18.8. The van der Waals surface area contributed by atoms with Crippen molar-refractivity contribution in [2.24, 2.45) is 5.11 Å². The van der Waals surface area contributed by atoms with E-state index in [1.165, 1.54) is 6.92 Å². The standard InChI is InChI=1S/C30H31N3O6/c1-20(34)36-26-25(37-28-27(26)38-29(2,3)39-28)24(32-33-31)19-35-30(21-13-7-4-8-14-21,22-15-9-5-10-16-22)23-17-11-6-12-18-23/h4-18,24-28H,19H2,1-3H3/t24-,25-,26-,27+,28+/m0/s1. The predicted octanol–water partition coefficient (Wildman–Crippen LogP) is 5.48. The number of ether oxygens (including phenoxy) is 5. The summed E-state index contributed by atoms with van der Waals surface area (Å²) in [6, 6.07) is 28.7. The molecule has 202 valence electrons. The van der Waals surface area contributed by atoms with Gasteiger partial charge in [-0.25, -0.2) is 0 Å². The first kappa shape index (κ1) is 26.9. The number of benzene rings is 3. The number of esters is 1. The summed E-state index contributed by atoms with van der Waals surface area (Å²) in [5, 5.41) is 4.04. The van der Waals surface area contributed by atoms with E-state index in [9.17, 15) is 10.3 Å². The van der Waals surface area contributed by atoms with Crippen LogP contribution in [0.3, 0.4) is 0 Å². The Morgan fingerprint density at radius 1 is 0.949 bits per heavy atom. The van der Waals surface area contributed by atoms with Gasteiger partial charge in [-0.3, -0.25) is 4.79 Å². The molecule has 0 aliphatic carbocycles. The molecule has 0 amide bonds. The number of carbonyl (C=O) groups excluding carboxylic acids is 1. The smallest absolute Gasteiger partial charge is 0.303 e. The van der Waals surface area contributed by atoms with E-state index >= 15 is 0 Å². The molecule has 2 saturated heterocycles. The fourth-order valence-corrected chi connectivity index (χ4v) is 5.38. The van der Waals surface area contributed by atoms with Crippen molar-refractivity contribution < 1.29 is 28.5 Å². The number of carbonyl (C=O) groups is 1. The zero-order chi connectivity index (χ0) is 27.5. The highest BCUT2D eigenvalue weighted by Crippen LogP contribution is 2.43. The summed E-state index contributed by atoms with van der Waals surface area (Å²) in [6.07, 6.45) is -3.16. The molecule has 2 heterocycles. The third kappa shape index (κ3) is 5.41. The molecule has 39 heavy (non-hydrogen) atoms. The van der Waals surface area contributed by atoms with Crippen LogP contribution in [-0.4, -0.2) is 49.0 Å². The monoisotopic (exact) mass is 529 g/mol. The van der Waals surface area contributed by atoms with Crippen molar-refractivity contribution >= 4 is 5.97 Å². The van der Waals surface area contributed by atoms with Crippen molar-refractivity contribution in [3.63, 3.8) is 0 Å². The third-order valence-corrected chi connectivity index (χ3v) is 6.92. The minimum atomic E-state index is -1.03. The zero-order valence-corrected chi connectivity index (χ0v) is 22.0. The molecular formula is C30H31N3O6. The molecule has 2 aliphatic rings. The Kier molecular flexibility index (Phi) is 7.70. The summed E-state index contributed by atoms with van der Waals surface area (Å²) < 4.78 is 30.5. The minimum absolute atomic E-state index is 0.0476. The second-order valence-electron chi connectivity index (χ2n) is 10.0. The first-order valence-corrected chi connectivity index (χ1v) is 12.9. The van der Waals surface area contributed by atoms with E-state index in [4.69, 9.17) is 23.7 Å². The maximum Gasteiger partial charge on any atom is 0.303 e. The molecule has 0 unspecified atom stereocenters. The lowest BCUT2D eigenvalue weighted by atomic mass is 9.80. The SMILES string of the molecule is CC(=O)O[C@H]1[C@H]([C@H](COC(c2ccccc2)(c2ccccc2)c2ccccc2)N=[N+]=[N-])O[C@@H]2OC(C)(C)O[C@@H]21. The Hall–Kier alpha value is -3.72. The molecule has 9 heteroatoms. The maximum absolute atomic E-state index is 12.0. The summed E-state index contributed by atoms with van der Waals surface area (Å²) in [5.74, 6) is -1.41. The largest absolute Gasteiger partial charge is 0.457 e. The fraction of sp³-hybridized carbons (Fsp3) is 0.367. The lowest BCUT2D eigenvalue weighted by Gasteiger charge is -2.37. The van der Waals surface area contributed by atoms with Crippen LogP contribution in [0.4, 0.5) is 0 Å². The van der Waals surface area contributed by atoms with E-state index < -0.39 is 48.0 Å². The minimum Gasteiger partial charge on any atom is -0.457 e. The van der Waals surface area contributed by atoms with Crippen LogP contribution in [0.25, 0.3) is 10.4 Å². The lowest BCUT2D eigenvalue weighted by molar-refractivity contribution is -0.222. The second-order valence-corrected chi connectivity index (χ2v) is 10.0. The number of hydrogen-bond donors (Lipinski definition) is 0. The van der Waals surface area contributed by atoms with Gasteiger partial charge in [0.1, 0.15) is 11.7 Å². The number of fused-ring (bicyclic) bond motifs is 1. The maximum atomic E-state index is 12.0. The topological polar surface area (TPSA) is 112 Å². The molecule has 0 N–H and O–H groups in total. The van der Waals surface area contributed by atoms with Crippen LogP contribution in [-0.2, 0) is 34.1 Å². The normalized spacial score (nSPS) is 24.4. The van der Waals surface area contributed by atoms with E-state index in [1.807, 2.05) is 91.0 Å². The van der Waals surface area contributed by atoms with Crippen LogP contribution in [0.5, 0.6) is 0 Å². The van der Waals surface area contributed by atoms with E-state index in [-0.39, 0.29) is 6.61 Å². The molecule has 3 aromatic rings. The van der Waals surface area contributed by atoms with Crippen LogP contribution in [0, 0.1) is 0 Å². The molecule has 3 aromatic carbocycles. The second kappa shape index (κ2) is 11.2. The molecule has 0 aromatic heterocycles. The van der Waals surface area contributed by atoms with Gasteiger partial charge in [0.15, 0.2) is 24.3 Å². The number of hydrogen-bond acceptors (Lipinski definition) is 7. The molecule has 0 radical (unpaired) electrons. The summed E-state index contributed by atoms with van der Waals surface area (Å²) in [5.41, 5.74) is 11.2. The van der Waals surface area contributed by atoms with Crippen LogP contribution in [0.15, 0.2) is 96.1 Å². The van der Waals surface area contributed by atoms with Crippen LogP contribution < -0.4 is 0 Å². The lowest BCUT2D eigenvalue weighted by Crippen LogP contribution is -2.46. The van der Waals surface area contributed by atoms with Gasteiger partial charge in [-0.05, 0) is 36.1 Å². The van der Waals surface area contributed by atoms with Crippen molar-refractivity contribution in [2.45, 2.75) is 62.8 Å². The number of rotatable bonds is 9. The molecular weight excluding hydrogens is 498 g/mol.